The van der Waals surface area contributed by atoms with Crippen molar-refractivity contribution < 1.29 is 14.7 Å². The lowest BCUT2D eigenvalue weighted by molar-refractivity contribution is -0.137. The number of nitrogens with zero attached hydrogens (tertiary/aromatic N) is 4. The molecule has 1 saturated heterocycles. The third kappa shape index (κ3) is 5.37. The summed E-state index contributed by atoms with van der Waals surface area (Å²) in [6, 6.07) is -1.50. The SMILES string of the molecule is CN[C@H](C(=O)N1C[C@H](O)C[C@H]1C(C=O)NCc1ncc(-c2scnc2C)cn1)C(C)(C)C. The standard InChI is InChI=1S/C22H32N6O3S/c1-13-19(32-12-27-13)14-7-25-18(26-8-14)9-24-16(11-29)17-6-15(30)10-28(17)21(31)20(23-5)22(2,3)4/h7-8,11-12,15-17,20,23-24,30H,6,9-10H2,1-5H3/t15-,16?,17+,20-/m1/s1. The number of β-amino-alcohol motifs (C(OH)–C–C–N with tert-alkyl or cyclic N) is 1. The number of aliphatic hydroxyl groups excluding tert-OH is 1. The molecule has 174 valence electrons. The molecule has 1 amide bonds. The number of likely N-dealkylation sites (N-methyl/N-ethyl adjacent to an activating group) is 1. The number of thiazole rings is 1. The molecule has 1 fully saturated rings. The highest BCUT2D eigenvalue weighted by Gasteiger charge is 2.43. The lowest BCUT2D eigenvalue weighted by Crippen LogP contribution is -2.57. The van der Waals surface area contributed by atoms with Crippen LogP contribution in [-0.2, 0) is 16.1 Å². The van der Waals surface area contributed by atoms with Gasteiger partial charge in [-0.15, -0.1) is 11.3 Å². The minimum Gasteiger partial charge on any atom is -0.391 e. The summed E-state index contributed by atoms with van der Waals surface area (Å²) >= 11 is 1.54. The first-order valence-corrected chi connectivity index (χ1v) is 11.6. The van der Waals surface area contributed by atoms with Crippen molar-refractivity contribution in [3.8, 4) is 10.4 Å². The highest BCUT2D eigenvalue weighted by Crippen LogP contribution is 2.27. The monoisotopic (exact) mass is 460 g/mol. The van der Waals surface area contributed by atoms with E-state index < -0.39 is 24.2 Å². The highest BCUT2D eigenvalue weighted by atomic mass is 32.1. The second kappa shape index (κ2) is 10.1. The molecule has 3 N–H and O–H groups in total. The second-order valence-corrected chi connectivity index (χ2v) is 10.1. The van der Waals surface area contributed by atoms with Gasteiger partial charge in [-0.25, -0.2) is 15.0 Å². The molecule has 32 heavy (non-hydrogen) atoms. The van der Waals surface area contributed by atoms with Gasteiger partial charge in [0.25, 0.3) is 0 Å². The maximum absolute atomic E-state index is 13.2. The quantitative estimate of drug-likeness (QED) is 0.502. The summed E-state index contributed by atoms with van der Waals surface area (Å²) in [4.78, 5) is 40.9. The summed E-state index contributed by atoms with van der Waals surface area (Å²) in [5, 5.41) is 16.5. The van der Waals surface area contributed by atoms with Gasteiger partial charge in [-0.2, -0.15) is 0 Å². The summed E-state index contributed by atoms with van der Waals surface area (Å²) < 4.78 is 0. The third-order valence-electron chi connectivity index (χ3n) is 5.78. The molecule has 0 aliphatic carbocycles. The fourth-order valence-corrected chi connectivity index (χ4v) is 4.94. The molecule has 2 aromatic rings. The van der Waals surface area contributed by atoms with E-state index in [0.29, 0.717) is 12.2 Å². The third-order valence-corrected chi connectivity index (χ3v) is 6.75. The van der Waals surface area contributed by atoms with Gasteiger partial charge in [-0.1, -0.05) is 20.8 Å². The van der Waals surface area contributed by atoms with Crippen LogP contribution < -0.4 is 10.6 Å². The molecule has 10 heteroatoms. The minimum absolute atomic E-state index is 0.115. The summed E-state index contributed by atoms with van der Waals surface area (Å²) in [7, 11) is 1.75. The van der Waals surface area contributed by atoms with E-state index in [2.05, 4.69) is 25.6 Å². The van der Waals surface area contributed by atoms with E-state index in [4.69, 9.17) is 0 Å². The van der Waals surface area contributed by atoms with Crippen LogP contribution in [0.5, 0.6) is 0 Å². The van der Waals surface area contributed by atoms with Gasteiger partial charge < -0.3 is 20.1 Å². The molecule has 3 heterocycles. The van der Waals surface area contributed by atoms with Gasteiger partial charge in [0.05, 0.1) is 46.9 Å². The summed E-state index contributed by atoms with van der Waals surface area (Å²) in [6.45, 7) is 8.38. The predicted octanol–water partition coefficient (Wildman–Crippen LogP) is 1.16. The molecular formula is C22H32N6O3S. The van der Waals surface area contributed by atoms with Crippen LogP contribution in [-0.4, -0.2) is 75.0 Å². The van der Waals surface area contributed by atoms with Crippen LogP contribution in [0, 0.1) is 12.3 Å². The zero-order chi connectivity index (χ0) is 23.5. The number of likely N-dealkylation sites (tertiary alicyclic amines) is 1. The molecular weight excluding hydrogens is 428 g/mol. The van der Waals surface area contributed by atoms with Gasteiger partial charge in [0.2, 0.25) is 5.91 Å². The van der Waals surface area contributed by atoms with Crippen molar-refractivity contribution in [2.24, 2.45) is 5.41 Å². The molecule has 0 saturated carbocycles. The van der Waals surface area contributed by atoms with Crippen LogP contribution in [0.1, 0.15) is 38.7 Å². The number of carbonyl (C=O) groups is 2. The Balaban J connectivity index is 1.69. The van der Waals surface area contributed by atoms with E-state index >= 15 is 0 Å². The Hall–Kier alpha value is -2.27. The number of carbonyl (C=O) groups excluding carboxylic acids is 2. The van der Waals surface area contributed by atoms with Gasteiger partial charge in [0.15, 0.2) is 0 Å². The summed E-state index contributed by atoms with van der Waals surface area (Å²) in [5.74, 6) is 0.428. The average Bonchev–Trinajstić information content (AvgIpc) is 3.34. The van der Waals surface area contributed by atoms with Crippen molar-refractivity contribution >= 4 is 23.5 Å². The van der Waals surface area contributed by atoms with Crippen LogP contribution in [0.4, 0.5) is 0 Å². The minimum atomic E-state index is -0.663. The molecule has 0 aromatic carbocycles. The van der Waals surface area contributed by atoms with Crippen molar-refractivity contribution in [3.05, 3.63) is 29.4 Å². The van der Waals surface area contributed by atoms with Gasteiger partial charge in [0.1, 0.15) is 12.1 Å². The molecule has 3 rings (SSSR count). The Bertz CT molecular complexity index is 926. The summed E-state index contributed by atoms with van der Waals surface area (Å²) in [6.07, 6.45) is 3.97. The lowest BCUT2D eigenvalue weighted by atomic mass is 9.85. The number of hydrogen-bond donors (Lipinski definition) is 3. The predicted molar refractivity (Wildman–Crippen MR) is 123 cm³/mol. The first-order valence-electron chi connectivity index (χ1n) is 10.7. The smallest absolute Gasteiger partial charge is 0.240 e. The molecule has 1 aliphatic rings. The number of aryl methyl sites for hydroxylation is 1. The molecule has 9 nitrogen and oxygen atoms in total. The molecule has 1 aliphatic heterocycles. The zero-order valence-electron chi connectivity index (χ0n) is 19.2. The van der Waals surface area contributed by atoms with Crippen molar-refractivity contribution in [3.63, 3.8) is 0 Å². The molecule has 4 atom stereocenters. The van der Waals surface area contributed by atoms with Crippen LogP contribution >= 0.6 is 11.3 Å². The number of aldehydes is 1. The Kier molecular flexibility index (Phi) is 7.71. The van der Waals surface area contributed by atoms with E-state index in [9.17, 15) is 14.7 Å². The molecule has 0 radical (unpaired) electrons. The maximum Gasteiger partial charge on any atom is 0.240 e. The fraction of sp³-hybridized carbons (Fsp3) is 0.591. The number of aromatic nitrogens is 3. The lowest BCUT2D eigenvalue weighted by Gasteiger charge is -2.36. The van der Waals surface area contributed by atoms with Crippen molar-refractivity contribution in [1.82, 2.24) is 30.5 Å². The first-order chi connectivity index (χ1) is 15.2. The second-order valence-electron chi connectivity index (χ2n) is 9.23. The number of aliphatic hydroxyl groups is 1. The van der Waals surface area contributed by atoms with Crippen LogP contribution in [0.3, 0.4) is 0 Å². The Morgan fingerprint density at radius 3 is 2.56 bits per heavy atom. The Morgan fingerprint density at radius 1 is 1.34 bits per heavy atom. The molecule has 2 aromatic heterocycles. The van der Waals surface area contributed by atoms with Gasteiger partial charge >= 0.3 is 0 Å². The first kappa shape index (κ1) is 24.4. The van der Waals surface area contributed by atoms with Crippen LogP contribution in [0.2, 0.25) is 0 Å². The van der Waals surface area contributed by atoms with E-state index in [1.165, 1.54) is 11.3 Å². The topological polar surface area (TPSA) is 120 Å². The Labute approximate surface area is 192 Å². The van der Waals surface area contributed by atoms with E-state index in [0.717, 1.165) is 22.4 Å². The Morgan fingerprint density at radius 2 is 2.03 bits per heavy atom. The van der Waals surface area contributed by atoms with Crippen molar-refractivity contribution in [2.45, 2.75) is 64.9 Å². The number of hydrogen-bond acceptors (Lipinski definition) is 9. The van der Waals surface area contributed by atoms with E-state index in [1.807, 2.05) is 27.7 Å². The van der Waals surface area contributed by atoms with E-state index in [-0.39, 0.29) is 24.4 Å². The van der Waals surface area contributed by atoms with Crippen molar-refractivity contribution in [1.29, 1.82) is 0 Å². The fourth-order valence-electron chi connectivity index (χ4n) is 4.16. The largest absolute Gasteiger partial charge is 0.391 e. The van der Waals surface area contributed by atoms with Gasteiger partial charge in [0, 0.05) is 24.5 Å². The van der Waals surface area contributed by atoms with Crippen LogP contribution in [0.25, 0.3) is 10.4 Å². The molecule has 0 bridgehead atoms. The normalized spacial score (nSPS) is 20.9. The molecule has 1 unspecified atom stereocenters. The van der Waals surface area contributed by atoms with Crippen molar-refractivity contribution in [2.75, 3.05) is 13.6 Å². The number of rotatable bonds is 8. The highest BCUT2D eigenvalue weighted by molar-refractivity contribution is 7.13. The van der Waals surface area contributed by atoms with Crippen LogP contribution in [0.15, 0.2) is 17.9 Å². The van der Waals surface area contributed by atoms with E-state index in [1.54, 1.807) is 29.9 Å². The van der Waals surface area contributed by atoms with Gasteiger partial charge in [-0.05, 0) is 25.8 Å². The summed E-state index contributed by atoms with van der Waals surface area (Å²) in [5.41, 5.74) is 3.32. The number of nitrogens with one attached hydrogen (secondary N) is 2. The molecule has 0 spiro atoms. The zero-order valence-corrected chi connectivity index (χ0v) is 20.0. The maximum atomic E-state index is 13.2. The average molecular weight is 461 g/mol. The van der Waals surface area contributed by atoms with Gasteiger partial charge in [-0.3, -0.25) is 10.1 Å². The number of amides is 1.